The molecule has 8 heteroatoms. The Labute approximate surface area is 158 Å². The van der Waals surface area contributed by atoms with E-state index in [0.29, 0.717) is 34.9 Å². The molecule has 26 heavy (non-hydrogen) atoms. The third-order valence-corrected chi connectivity index (χ3v) is 5.70. The summed E-state index contributed by atoms with van der Waals surface area (Å²) >= 11 is 6.05. The maximum atomic E-state index is 12.7. The van der Waals surface area contributed by atoms with Gasteiger partial charge in [-0.25, -0.2) is 8.42 Å². The van der Waals surface area contributed by atoms with Gasteiger partial charge in [0.1, 0.15) is 0 Å². The fourth-order valence-electron chi connectivity index (χ4n) is 3.05. The number of nitrogens with one attached hydrogen (secondary N) is 1. The van der Waals surface area contributed by atoms with Gasteiger partial charge in [-0.15, -0.1) is 0 Å². The predicted octanol–water partition coefficient (Wildman–Crippen LogP) is 2.98. The van der Waals surface area contributed by atoms with Crippen LogP contribution in [-0.2, 0) is 16.4 Å². The summed E-state index contributed by atoms with van der Waals surface area (Å²) in [6.07, 6.45) is 1.77. The molecule has 0 aliphatic carbocycles. The van der Waals surface area contributed by atoms with Crippen LogP contribution in [0.2, 0.25) is 5.02 Å². The molecule has 1 aliphatic rings. The van der Waals surface area contributed by atoms with Crippen LogP contribution in [0.25, 0.3) is 0 Å². The number of benzene rings is 2. The molecule has 2 aromatic carbocycles. The Morgan fingerprint density at radius 3 is 2.58 bits per heavy atom. The first-order chi connectivity index (χ1) is 12.2. The van der Waals surface area contributed by atoms with Gasteiger partial charge in [-0.05, 0) is 48.4 Å². The minimum absolute atomic E-state index is 0.268. The van der Waals surface area contributed by atoms with E-state index in [1.54, 1.807) is 30.3 Å². The van der Waals surface area contributed by atoms with E-state index < -0.39 is 10.0 Å². The van der Waals surface area contributed by atoms with E-state index in [9.17, 15) is 13.2 Å². The van der Waals surface area contributed by atoms with Crippen molar-refractivity contribution in [3.8, 4) is 0 Å². The number of carbonyl (C=O) groups is 1. The molecule has 1 amide bonds. The fraction of sp³-hybridized carbons (Fsp3) is 0.278. The topological polar surface area (TPSA) is 69.7 Å². The first-order valence-electron chi connectivity index (χ1n) is 8.05. The Bertz CT molecular complexity index is 974. The summed E-state index contributed by atoms with van der Waals surface area (Å²) in [7, 11) is 0.461. The molecular formula is C18H20ClN3O3S. The molecule has 0 radical (unpaired) electrons. The van der Waals surface area contributed by atoms with Gasteiger partial charge in [-0.1, -0.05) is 11.6 Å². The van der Waals surface area contributed by atoms with Crippen molar-refractivity contribution in [1.82, 2.24) is 0 Å². The van der Waals surface area contributed by atoms with E-state index in [0.717, 1.165) is 11.3 Å². The van der Waals surface area contributed by atoms with E-state index >= 15 is 0 Å². The van der Waals surface area contributed by atoms with Gasteiger partial charge in [0.15, 0.2) is 0 Å². The molecule has 0 fully saturated rings. The number of amides is 1. The summed E-state index contributed by atoms with van der Waals surface area (Å²) < 4.78 is 25.0. The van der Waals surface area contributed by atoms with Crippen LogP contribution >= 0.6 is 11.6 Å². The lowest BCUT2D eigenvalue weighted by atomic mass is 10.1. The maximum Gasteiger partial charge on any atom is 0.255 e. The van der Waals surface area contributed by atoms with Crippen LogP contribution in [0.3, 0.4) is 0 Å². The molecule has 0 saturated heterocycles. The zero-order valence-corrected chi connectivity index (χ0v) is 16.4. The van der Waals surface area contributed by atoms with Gasteiger partial charge in [-0.3, -0.25) is 9.10 Å². The van der Waals surface area contributed by atoms with Crippen molar-refractivity contribution in [2.24, 2.45) is 0 Å². The number of carbonyl (C=O) groups excluding carboxylic acids is 1. The van der Waals surface area contributed by atoms with Crippen molar-refractivity contribution in [1.29, 1.82) is 0 Å². The number of fused-ring (bicyclic) bond motifs is 1. The highest BCUT2D eigenvalue weighted by Gasteiger charge is 2.26. The average molecular weight is 394 g/mol. The molecule has 1 aliphatic heterocycles. The number of nitrogens with zero attached hydrogens (tertiary/aromatic N) is 2. The molecule has 0 spiro atoms. The number of hydrogen-bond donors (Lipinski definition) is 1. The van der Waals surface area contributed by atoms with E-state index in [2.05, 4.69) is 5.32 Å². The van der Waals surface area contributed by atoms with Crippen LogP contribution in [0.15, 0.2) is 36.4 Å². The summed E-state index contributed by atoms with van der Waals surface area (Å²) in [4.78, 5) is 14.6. The van der Waals surface area contributed by atoms with E-state index in [-0.39, 0.29) is 5.91 Å². The average Bonchev–Trinajstić information content (AvgIpc) is 2.97. The van der Waals surface area contributed by atoms with Crippen LogP contribution in [0, 0.1) is 0 Å². The lowest BCUT2D eigenvalue weighted by Crippen LogP contribution is -2.27. The molecule has 138 valence electrons. The van der Waals surface area contributed by atoms with Crippen molar-refractivity contribution in [2.75, 3.05) is 41.4 Å². The van der Waals surface area contributed by atoms with E-state index in [4.69, 9.17) is 11.6 Å². The van der Waals surface area contributed by atoms with Crippen molar-refractivity contribution >= 4 is 44.6 Å². The fourth-order valence-corrected chi connectivity index (χ4v) is 4.18. The van der Waals surface area contributed by atoms with Gasteiger partial charge in [0.25, 0.3) is 5.91 Å². The Morgan fingerprint density at radius 2 is 1.92 bits per heavy atom. The highest BCUT2D eigenvalue weighted by atomic mass is 35.5. The van der Waals surface area contributed by atoms with E-state index in [1.165, 1.54) is 10.6 Å². The molecule has 1 heterocycles. The Morgan fingerprint density at radius 1 is 1.19 bits per heavy atom. The van der Waals surface area contributed by atoms with Gasteiger partial charge in [0, 0.05) is 31.2 Å². The summed E-state index contributed by atoms with van der Waals surface area (Å²) in [6.45, 7) is 0.401. The minimum Gasteiger partial charge on any atom is -0.376 e. The number of anilines is 3. The number of halogens is 1. The molecule has 6 nitrogen and oxygen atoms in total. The minimum atomic E-state index is -3.30. The standard InChI is InChI=1S/C18H20ClN3O3S/c1-21(2)17-7-5-14(19)11-15(17)20-18(23)13-4-6-16-12(10-13)8-9-22(16)26(3,24)25/h4-7,10-11H,8-9H2,1-3H3,(H,20,23). The zero-order valence-electron chi connectivity index (χ0n) is 14.8. The molecule has 0 unspecified atom stereocenters. The third kappa shape index (κ3) is 3.64. The molecule has 0 aromatic heterocycles. The number of sulfonamides is 1. The smallest absolute Gasteiger partial charge is 0.255 e. The Kier molecular flexibility index (Phi) is 4.86. The molecule has 0 bridgehead atoms. The molecule has 1 N–H and O–H groups in total. The van der Waals surface area contributed by atoms with Crippen molar-refractivity contribution in [2.45, 2.75) is 6.42 Å². The number of rotatable bonds is 4. The van der Waals surface area contributed by atoms with E-state index in [1.807, 2.05) is 25.1 Å². The van der Waals surface area contributed by atoms with Gasteiger partial charge in [0.05, 0.1) is 23.3 Å². The second kappa shape index (κ2) is 6.81. The maximum absolute atomic E-state index is 12.7. The SMILES string of the molecule is CN(C)c1ccc(Cl)cc1NC(=O)c1ccc2c(c1)CCN2S(C)(=O)=O. The van der Waals surface area contributed by atoms with Crippen LogP contribution in [0.4, 0.5) is 17.1 Å². The highest BCUT2D eigenvalue weighted by Crippen LogP contribution is 2.32. The molecule has 0 saturated carbocycles. The normalized spacial score (nSPS) is 13.5. The Balaban J connectivity index is 1.88. The van der Waals surface area contributed by atoms with Crippen molar-refractivity contribution < 1.29 is 13.2 Å². The quantitative estimate of drug-likeness (QED) is 0.866. The first-order valence-corrected chi connectivity index (χ1v) is 10.3. The Hall–Kier alpha value is -2.25. The predicted molar refractivity (Wildman–Crippen MR) is 106 cm³/mol. The van der Waals surface area contributed by atoms with Crippen LogP contribution in [-0.4, -0.2) is 41.2 Å². The number of hydrogen-bond acceptors (Lipinski definition) is 4. The third-order valence-electron chi connectivity index (χ3n) is 4.28. The van der Waals surface area contributed by atoms with Crippen molar-refractivity contribution in [3.63, 3.8) is 0 Å². The van der Waals surface area contributed by atoms with Crippen LogP contribution in [0.5, 0.6) is 0 Å². The van der Waals surface area contributed by atoms with Gasteiger partial charge >= 0.3 is 0 Å². The van der Waals surface area contributed by atoms with Gasteiger partial charge in [0.2, 0.25) is 10.0 Å². The van der Waals surface area contributed by atoms with Gasteiger partial charge in [-0.2, -0.15) is 0 Å². The zero-order chi connectivity index (χ0) is 19.1. The summed E-state index contributed by atoms with van der Waals surface area (Å²) in [5, 5.41) is 3.42. The summed E-state index contributed by atoms with van der Waals surface area (Å²) in [6, 6.07) is 10.4. The highest BCUT2D eigenvalue weighted by molar-refractivity contribution is 7.92. The van der Waals surface area contributed by atoms with Crippen LogP contribution < -0.4 is 14.5 Å². The summed E-state index contributed by atoms with van der Waals surface area (Å²) in [5.74, 6) is -0.268. The second-order valence-corrected chi connectivity index (χ2v) is 8.78. The summed E-state index contributed by atoms with van der Waals surface area (Å²) in [5.41, 5.74) is 3.42. The first kappa shape index (κ1) is 18.5. The monoisotopic (exact) mass is 393 g/mol. The largest absolute Gasteiger partial charge is 0.376 e. The molecule has 3 rings (SSSR count). The van der Waals surface area contributed by atoms with Crippen LogP contribution in [0.1, 0.15) is 15.9 Å². The van der Waals surface area contributed by atoms with Gasteiger partial charge < -0.3 is 10.2 Å². The van der Waals surface area contributed by atoms with Crippen molar-refractivity contribution in [3.05, 3.63) is 52.5 Å². The lowest BCUT2D eigenvalue weighted by molar-refractivity contribution is 0.102. The lowest BCUT2D eigenvalue weighted by Gasteiger charge is -2.19. The molecule has 0 atom stereocenters. The second-order valence-electron chi connectivity index (χ2n) is 6.44. The molecule has 2 aromatic rings. The molecular weight excluding hydrogens is 374 g/mol.